The lowest BCUT2D eigenvalue weighted by Gasteiger charge is -2.28. The number of carbonyl (C=O) groups excluding carboxylic acids is 1. The van der Waals surface area contributed by atoms with Crippen molar-refractivity contribution in [2.24, 2.45) is 0 Å². The molecule has 9 heteroatoms. The van der Waals surface area contributed by atoms with Gasteiger partial charge in [-0.1, -0.05) is 24.3 Å². The van der Waals surface area contributed by atoms with Gasteiger partial charge < -0.3 is 9.80 Å². The standard InChI is InChI=1S/C23H24F4N4O/c1-15(2)30(22(32)16-9-8-10-17(24)13-16)14-19-20(23(25,26)27)28-31(21(19)29(3)4)18-11-6-5-7-12-18/h5-13,15H,14H2,1-4H3. The van der Waals surface area contributed by atoms with Crippen LogP contribution in [0, 0.1) is 5.82 Å². The predicted octanol–water partition coefficient (Wildman–Crippen LogP) is 5.15. The quantitative estimate of drug-likeness (QED) is 0.490. The monoisotopic (exact) mass is 448 g/mol. The molecule has 170 valence electrons. The maximum Gasteiger partial charge on any atom is 0.435 e. The van der Waals surface area contributed by atoms with E-state index in [4.69, 9.17) is 0 Å². The van der Waals surface area contributed by atoms with Gasteiger partial charge in [0.15, 0.2) is 5.69 Å². The largest absolute Gasteiger partial charge is 0.435 e. The smallest absolute Gasteiger partial charge is 0.362 e. The number of halogens is 4. The van der Waals surface area contributed by atoms with Crippen molar-refractivity contribution in [1.82, 2.24) is 14.7 Å². The summed E-state index contributed by atoms with van der Waals surface area (Å²) in [6.45, 7) is 3.05. The zero-order valence-electron chi connectivity index (χ0n) is 18.2. The number of aromatic nitrogens is 2. The van der Waals surface area contributed by atoms with E-state index in [2.05, 4.69) is 5.10 Å². The van der Waals surface area contributed by atoms with Gasteiger partial charge in [0.1, 0.15) is 11.6 Å². The molecule has 3 rings (SSSR count). The second-order valence-electron chi connectivity index (χ2n) is 7.83. The van der Waals surface area contributed by atoms with Gasteiger partial charge in [0.05, 0.1) is 12.2 Å². The molecule has 1 amide bonds. The molecule has 1 aromatic heterocycles. The molecule has 0 fully saturated rings. The van der Waals surface area contributed by atoms with Gasteiger partial charge in [0.25, 0.3) is 5.91 Å². The molecule has 0 spiro atoms. The number of nitrogens with zero attached hydrogens (tertiary/aromatic N) is 4. The van der Waals surface area contributed by atoms with Gasteiger partial charge >= 0.3 is 6.18 Å². The Morgan fingerprint density at radius 3 is 2.25 bits per heavy atom. The molecule has 32 heavy (non-hydrogen) atoms. The summed E-state index contributed by atoms with van der Waals surface area (Å²) in [6, 6.07) is 13.1. The van der Waals surface area contributed by atoms with Crippen molar-refractivity contribution in [3.05, 3.63) is 77.2 Å². The van der Waals surface area contributed by atoms with E-state index in [1.165, 1.54) is 32.7 Å². The number of para-hydroxylation sites is 1. The number of benzene rings is 2. The second-order valence-corrected chi connectivity index (χ2v) is 7.83. The van der Waals surface area contributed by atoms with Crippen LogP contribution in [0.2, 0.25) is 0 Å². The highest BCUT2D eigenvalue weighted by molar-refractivity contribution is 5.94. The van der Waals surface area contributed by atoms with E-state index in [-0.39, 0.29) is 23.5 Å². The summed E-state index contributed by atoms with van der Waals surface area (Å²) >= 11 is 0. The number of hydrogen-bond donors (Lipinski definition) is 0. The van der Waals surface area contributed by atoms with Crippen molar-refractivity contribution in [1.29, 1.82) is 0 Å². The van der Waals surface area contributed by atoms with Crippen LogP contribution in [0.5, 0.6) is 0 Å². The maximum atomic E-state index is 14.0. The predicted molar refractivity (Wildman–Crippen MR) is 114 cm³/mol. The van der Waals surface area contributed by atoms with Crippen LogP contribution in [0.15, 0.2) is 54.6 Å². The first-order chi connectivity index (χ1) is 15.0. The van der Waals surface area contributed by atoms with Crippen molar-refractivity contribution in [2.45, 2.75) is 32.6 Å². The molecule has 5 nitrogen and oxygen atoms in total. The third-order valence-corrected chi connectivity index (χ3v) is 4.93. The molecule has 0 saturated heterocycles. The zero-order chi connectivity index (χ0) is 23.6. The highest BCUT2D eigenvalue weighted by atomic mass is 19.4. The van der Waals surface area contributed by atoms with Gasteiger partial charge in [-0.15, -0.1) is 0 Å². The van der Waals surface area contributed by atoms with Gasteiger partial charge in [-0.05, 0) is 44.2 Å². The number of hydrogen-bond acceptors (Lipinski definition) is 3. The van der Waals surface area contributed by atoms with Crippen molar-refractivity contribution in [3.63, 3.8) is 0 Å². The Morgan fingerprint density at radius 2 is 1.72 bits per heavy atom. The van der Waals surface area contributed by atoms with Crippen LogP contribution in [-0.4, -0.2) is 40.7 Å². The number of rotatable bonds is 6. The fourth-order valence-corrected chi connectivity index (χ4v) is 3.47. The molecule has 0 N–H and O–H groups in total. The number of carbonyl (C=O) groups is 1. The molecule has 0 aliphatic heterocycles. The Labute approximate surface area is 183 Å². The van der Waals surface area contributed by atoms with E-state index < -0.39 is 29.6 Å². The summed E-state index contributed by atoms with van der Waals surface area (Å²) < 4.78 is 56.9. The summed E-state index contributed by atoms with van der Waals surface area (Å²) in [5.74, 6) is -0.951. The van der Waals surface area contributed by atoms with Crippen molar-refractivity contribution in [2.75, 3.05) is 19.0 Å². The fraction of sp³-hybridized carbons (Fsp3) is 0.304. The third-order valence-electron chi connectivity index (χ3n) is 4.93. The molecule has 0 aliphatic carbocycles. The van der Waals surface area contributed by atoms with Crippen molar-refractivity contribution >= 4 is 11.7 Å². The Kier molecular flexibility index (Phi) is 6.57. The second kappa shape index (κ2) is 9.02. The molecule has 3 aromatic rings. The molecule has 1 heterocycles. The Balaban J connectivity index is 2.16. The number of anilines is 1. The lowest BCUT2D eigenvalue weighted by atomic mass is 10.1. The van der Waals surface area contributed by atoms with Gasteiger partial charge in [-0.3, -0.25) is 4.79 Å². The Morgan fingerprint density at radius 1 is 1.06 bits per heavy atom. The normalized spacial score (nSPS) is 11.7. The van der Waals surface area contributed by atoms with Crippen LogP contribution in [0.3, 0.4) is 0 Å². The first-order valence-corrected chi connectivity index (χ1v) is 9.99. The molecule has 0 unspecified atom stereocenters. The molecular formula is C23H24F4N4O. The Hall–Kier alpha value is -3.36. The Bertz CT molecular complexity index is 1090. The molecule has 0 radical (unpaired) electrons. The minimum atomic E-state index is -4.73. The van der Waals surface area contributed by atoms with Gasteiger partial charge in [0, 0.05) is 31.3 Å². The van der Waals surface area contributed by atoms with Gasteiger partial charge in [-0.25, -0.2) is 9.07 Å². The molecule has 2 aromatic carbocycles. The zero-order valence-corrected chi connectivity index (χ0v) is 18.2. The van der Waals surface area contributed by atoms with Crippen LogP contribution in [-0.2, 0) is 12.7 Å². The first-order valence-electron chi connectivity index (χ1n) is 9.99. The molecule has 0 saturated carbocycles. The lowest BCUT2D eigenvalue weighted by Crippen LogP contribution is -2.37. The summed E-state index contributed by atoms with van der Waals surface area (Å²) in [7, 11) is 3.24. The summed E-state index contributed by atoms with van der Waals surface area (Å²) in [5.41, 5.74) is -0.679. The minimum absolute atomic E-state index is 0.0640. The number of amides is 1. The average Bonchev–Trinajstić information content (AvgIpc) is 3.12. The lowest BCUT2D eigenvalue weighted by molar-refractivity contribution is -0.142. The van der Waals surface area contributed by atoms with E-state index in [1.807, 2.05) is 0 Å². The summed E-state index contributed by atoms with van der Waals surface area (Å²) in [5, 5.41) is 3.88. The fourth-order valence-electron chi connectivity index (χ4n) is 3.47. The molecular weight excluding hydrogens is 424 g/mol. The van der Waals surface area contributed by atoms with E-state index in [9.17, 15) is 22.4 Å². The number of alkyl halides is 3. The van der Waals surface area contributed by atoms with Gasteiger partial charge in [-0.2, -0.15) is 18.3 Å². The van der Waals surface area contributed by atoms with E-state index >= 15 is 0 Å². The maximum absolute atomic E-state index is 14.0. The van der Waals surface area contributed by atoms with Crippen LogP contribution in [0.1, 0.15) is 35.5 Å². The van der Waals surface area contributed by atoms with Crippen molar-refractivity contribution in [3.8, 4) is 5.69 Å². The minimum Gasteiger partial charge on any atom is -0.362 e. The SMILES string of the molecule is CC(C)N(Cc1c(C(F)(F)F)nn(-c2ccccc2)c1N(C)C)C(=O)c1cccc(F)c1. The van der Waals surface area contributed by atoms with Crippen LogP contribution in [0.4, 0.5) is 23.4 Å². The van der Waals surface area contributed by atoms with Gasteiger partial charge in [0.2, 0.25) is 0 Å². The summed E-state index contributed by atoms with van der Waals surface area (Å²) in [4.78, 5) is 15.9. The van der Waals surface area contributed by atoms with E-state index in [0.29, 0.717) is 5.69 Å². The highest BCUT2D eigenvalue weighted by Crippen LogP contribution is 2.38. The topological polar surface area (TPSA) is 41.4 Å². The molecule has 0 atom stereocenters. The first kappa shape index (κ1) is 23.3. The summed E-state index contributed by atoms with van der Waals surface area (Å²) in [6.07, 6.45) is -4.73. The van der Waals surface area contributed by atoms with E-state index in [1.54, 1.807) is 58.3 Å². The van der Waals surface area contributed by atoms with Crippen LogP contribution < -0.4 is 4.90 Å². The average molecular weight is 448 g/mol. The highest BCUT2D eigenvalue weighted by Gasteiger charge is 2.41. The molecule has 0 bridgehead atoms. The van der Waals surface area contributed by atoms with Crippen molar-refractivity contribution < 1.29 is 22.4 Å². The van der Waals surface area contributed by atoms with E-state index in [0.717, 1.165) is 6.07 Å². The van der Waals surface area contributed by atoms with Crippen LogP contribution >= 0.6 is 0 Å². The third kappa shape index (κ3) is 4.76. The van der Waals surface area contributed by atoms with Crippen LogP contribution in [0.25, 0.3) is 5.69 Å². The molecule has 0 aliphatic rings.